The summed E-state index contributed by atoms with van der Waals surface area (Å²) >= 11 is 6.81. The first-order valence-corrected chi connectivity index (χ1v) is 4.73. The van der Waals surface area contributed by atoms with Gasteiger partial charge >= 0.3 is 0 Å². The van der Waals surface area contributed by atoms with E-state index in [1.807, 2.05) is 19.1 Å². The van der Waals surface area contributed by atoms with Crippen molar-refractivity contribution in [3.05, 3.63) is 26.6 Å². The fourth-order valence-electron chi connectivity index (χ4n) is 0.834. The van der Waals surface area contributed by atoms with Crippen molar-refractivity contribution in [3.63, 3.8) is 0 Å². The van der Waals surface area contributed by atoms with E-state index in [0.717, 1.165) is 20.3 Å². The number of methoxy groups -OCH3 is 1. The quantitative estimate of drug-likeness (QED) is 0.764. The third-order valence-corrected chi connectivity index (χ3v) is 2.76. The molecule has 1 nitrogen and oxygen atoms in total. The van der Waals surface area contributed by atoms with Crippen LogP contribution in [0.5, 0.6) is 5.75 Å². The average molecular weight is 280 g/mol. The summed E-state index contributed by atoms with van der Waals surface area (Å²) in [5.41, 5.74) is 1.12. The number of benzene rings is 1. The van der Waals surface area contributed by atoms with Gasteiger partial charge in [0.1, 0.15) is 5.75 Å². The van der Waals surface area contributed by atoms with Crippen LogP contribution in [0.25, 0.3) is 0 Å². The molecule has 0 saturated carbocycles. The molecule has 0 unspecified atom stereocenters. The molecule has 0 aromatic heterocycles. The van der Waals surface area contributed by atoms with Crippen LogP contribution in [0.3, 0.4) is 0 Å². The number of hydrogen-bond donors (Lipinski definition) is 0. The molecule has 0 spiro atoms. The van der Waals surface area contributed by atoms with Crippen LogP contribution in [0, 0.1) is 6.92 Å². The Bertz CT molecular complexity index is 271. The van der Waals surface area contributed by atoms with Crippen molar-refractivity contribution in [3.8, 4) is 5.75 Å². The molecule has 0 bridgehead atoms. The van der Waals surface area contributed by atoms with Crippen molar-refractivity contribution in [2.75, 3.05) is 7.11 Å². The maximum Gasteiger partial charge on any atom is 0.124 e. The van der Waals surface area contributed by atoms with Gasteiger partial charge in [0.05, 0.1) is 7.11 Å². The highest BCUT2D eigenvalue weighted by molar-refractivity contribution is 9.11. The van der Waals surface area contributed by atoms with E-state index >= 15 is 0 Å². The summed E-state index contributed by atoms with van der Waals surface area (Å²) in [6.45, 7) is 2.01. The maximum absolute atomic E-state index is 5.15. The zero-order chi connectivity index (χ0) is 8.43. The molecule has 1 aromatic carbocycles. The summed E-state index contributed by atoms with van der Waals surface area (Å²) in [4.78, 5) is 0. The largest absolute Gasteiger partial charge is 0.496 e. The standard InChI is InChI=1S/C8H8Br2O/c1-5-7(10)3-6(9)4-8(5)11-2/h3-4H,1-2H3. The zero-order valence-electron chi connectivity index (χ0n) is 6.32. The molecule has 0 heterocycles. The summed E-state index contributed by atoms with van der Waals surface area (Å²) in [5, 5.41) is 0. The van der Waals surface area contributed by atoms with Gasteiger partial charge in [0.25, 0.3) is 0 Å². The SMILES string of the molecule is COc1cc(Br)cc(Br)c1C. The Morgan fingerprint density at radius 1 is 1.27 bits per heavy atom. The van der Waals surface area contributed by atoms with E-state index in [4.69, 9.17) is 4.74 Å². The number of rotatable bonds is 1. The second-order valence-corrected chi connectivity index (χ2v) is 3.98. The van der Waals surface area contributed by atoms with Gasteiger partial charge in [-0.2, -0.15) is 0 Å². The van der Waals surface area contributed by atoms with Gasteiger partial charge in [0.15, 0.2) is 0 Å². The molecule has 0 fully saturated rings. The average Bonchev–Trinajstić information content (AvgIpc) is 1.96. The number of ether oxygens (including phenoxy) is 1. The highest BCUT2D eigenvalue weighted by Gasteiger charge is 2.03. The Morgan fingerprint density at radius 3 is 2.45 bits per heavy atom. The summed E-state index contributed by atoms with van der Waals surface area (Å²) in [5.74, 6) is 0.895. The first-order valence-electron chi connectivity index (χ1n) is 3.15. The van der Waals surface area contributed by atoms with Crippen LogP contribution < -0.4 is 4.74 Å². The third-order valence-electron chi connectivity index (χ3n) is 1.48. The number of halogens is 2. The van der Waals surface area contributed by atoms with E-state index in [9.17, 15) is 0 Å². The van der Waals surface area contributed by atoms with Gasteiger partial charge in [-0.3, -0.25) is 0 Å². The van der Waals surface area contributed by atoms with Crippen molar-refractivity contribution in [2.24, 2.45) is 0 Å². The molecule has 1 rings (SSSR count). The van der Waals surface area contributed by atoms with E-state index < -0.39 is 0 Å². The van der Waals surface area contributed by atoms with Crippen LogP contribution >= 0.6 is 31.9 Å². The first kappa shape index (κ1) is 9.07. The van der Waals surface area contributed by atoms with Crippen molar-refractivity contribution >= 4 is 31.9 Å². The zero-order valence-corrected chi connectivity index (χ0v) is 9.49. The molecule has 0 radical (unpaired) electrons. The Hall–Kier alpha value is -0.0200. The monoisotopic (exact) mass is 278 g/mol. The minimum atomic E-state index is 0.895. The second-order valence-electron chi connectivity index (χ2n) is 2.21. The summed E-state index contributed by atoms with van der Waals surface area (Å²) < 4.78 is 7.23. The smallest absolute Gasteiger partial charge is 0.124 e. The van der Waals surface area contributed by atoms with Gasteiger partial charge in [-0.15, -0.1) is 0 Å². The van der Waals surface area contributed by atoms with Gasteiger partial charge in [-0.1, -0.05) is 31.9 Å². The molecule has 0 N–H and O–H groups in total. The van der Waals surface area contributed by atoms with Crippen LogP contribution in [-0.4, -0.2) is 7.11 Å². The number of hydrogen-bond acceptors (Lipinski definition) is 1. The lowest BCUT2D eigenvalue weighted by atomic mass is 10.2. The predicted molar refractivity (Wildman–Crippen MR) is 53.1 cm³/mol. The van der Waals surface area contributed by atoms with E-state index in [2.05, 4.69) is 31.9 Å². The molecule has 0 amide bonds. The van der Waals surface area contributed by atoms with E-state index in [1.54, 1.807) is 7.11 Å². The maximum atomic E-state index is 5.15. The molecule has 0 atom stereocenters. The van der Waals surface area contributed by atoms with Crippen molar-refractivity contribution < 1.29 is 4.74 Å². The van der Waals surface area contributed by atoms with Crippen LogP contribution in [0.2, 0.25) is 0 Å². The third kappa shape index (κ3) is 1.97. The van der Waals surface area contributed by atoms with Gasteiger partial charge in [-0.25, -0.2) is 0 Å². The Kier molecular flexibility index (Phi) is 2.96. The minimum Gasteiger partial charge on any atom is -0.496 e. The van der Waals surface area contributed by atoms with Crippen LogP contribution in [0.4, 0.5) is 0 Å². The molecular formula is C8H8Br2O. The van der Waals surface area contributed by atoms with E-state index in [1.165, 1.54) is 0 Å². The lowest BCUT2D eigenvalue weighted by molar-refractivity contribution is 0.411. The fourth-order valence-corrected chi connectivity index (χ4v) is 2.02. The van der Waals surface area contributed by atoms with Gasteiger partial charge in [0.2, 0.25) is 0 Å². The molecular weight excluding hydrogens is 272 g/mol. The molecule has 0 aliphatic heterocycles. The van der Waals surface area contributed by atoms with E-state index in [-0.39, 0.29) is 0 Å². The topological polar surface area (TPSA) is 9.23 Å². The van der Waals surface area contributed by atoms with Crippen molar-refractivity contribution in [1.82, 2.24) is 0 Å². The summed E-state index contributed by atoms with van der Waals surface area (Å²) in [6.07, 6.45) is 0. The van der Waals surface area contributed by atoms with Gasteiger partial charge < -0.3 is 4.74 Å². The van der Waals surface area contributed by atoms with E-state index in [0.29, 0.717) is 0 Å². The Morgan fingerprint density at radius 2 is 1.91 bits per heavy atom. The van der Waals surface area contributed by atoms with Crippen molar-refractivity contribution in [2.45, 2.75) is 6.92 Å². The molecule has 0 saturated heterocycles. The van der Waals surface area contributed by atoms with Gasteiger partial charge in [0, 0.05) is 14.5 Å². The van der Waals surface area contributed by atoms with Crippen LogP contribution in [0.1, 0.15) is 5.56 Å². The highest BCUT2D eigenvalue weighted by Crippen LogP contribution is 2.29. The summed E-state index contributed by atoms with van der Waals surface area (Å²) in [6, 6.07) is 3.94. The fraction of sp³-hybridized carbons (Fsp3) is 0.250. The second kappa shape index (κ2) is 3.59. The molecule has 0 aliphatic carbocycles. The molecule has 11 heavy (non-hydrogen) atoms. The van der Waals surface area contributed by atoms with Crippen molar-refractivity contribution in [1.29, 1.82) is 0 Å². The van der Waals surface area contributed by atoms with Gasteiger partial charge in [-0.05, 0) is 19.1 Å². The predicted octanol–water partition coefficient (Wildman–Crippen LogP) is 3.53. The lowest BCUT2D eigenvalue weighted by Crippen LogP contribution is -1.87. The molecule has 60 valence electrons. The minimum absolute atomic E-state index is 0.895. The lowest BCUT2D eigenvalue weighted by Gasteiger charge is -2.06. The highest BCUT2D eigenvalue weighted by atomic mass is 79.9. The first-order chi connectivity index (χ1) is 5.15. The van der Waals surface area contributed by atoms with Crippen LogP contribution in [0.15, 0.2) is 21.1 Å². The Labute approximate surface area is 83.0 Å². The Balaban J connectivity index is 3.24. The normalized spacial score (nSPS) is 9.82. The molecule has 3 heteroatoms. The van der Waals surface area contributed by atoms with Crippen LogP contribution in [-0.2, 0) is 0 Å². The molecule has 1 aromatic rings. The summed E-state index contributed by atoms with van der Waals surface area (Å²) in [7, 11) is 1.67. The molecule has 0 aliphatic rings.